The minimum atomic E-state index is -0.409. The summed E-state index contributed by atoms with van der Waals surface area (Å²) < 4.78 is 0. The highest BCUT2D eigenvalue weighted by molar-refractivity contribution is 6.51. The molecule has 1 radical (unpaired) electrons. The summed E-state index contributed by atoms with van der Waals surface area (Å²) in [5, 5.41) is 0. The molecule has 0 spiro atoms. The molecule has 0 aromatic heterocycles. The van der Waals surface area contributed by atoms with Crippen molar-refractivity contribution >= 4 is 34.6 Å². The van der Waals surface area contributed by atoms with Gasteiger partial charge in [-0.05, 0) is 46.5 Å². The van der Waals surface area contributed by atoms with Crippen LogP contribution >= 0.6 is 0 Å². The number of nitrogens with zero attached hydrogens (tertiary/aromatic N) is 4. The maximum atomic E-state index is 12.3. The van der Waals surface area contributed by atoms with Crippen molar-refractivity contribution in [3.63, 3.8) is 0 Å². The van der Waals surface area contributed by atoms with Crippen LogP contribution in [0.3, 0.4) is 0 Å². The van der Waals surface area contributed by atoms with Crippen LogP contribution in [0, 0.1) is 6.07 Å². The Balaban J connectivity index is 1.90. The van der Waals surface area contributed by atoms with E-state index in [0.717, 1.165) is 5.56 Å². The molecule has 0 saturated carbocycles. The third kappa shape index (κ3) is 2.23. The molecule has 0 bridgehead atoms. The van der Waals surface area contributed by atoms with E-state index in [2.05, 4.69) is 15.6 Å². The first-order chi connectivity index (χ1) is 12.6. The molecule has 0 saturated heterocycles. The first-order valence-corrected chi connectivity index (χ1v) is 7.73. The van der Waals surface area contributed by atoms with Crippen LogP contribution in [0.1, 0.15) is 32.6 Å². The van der Waals surface area contributed by atoms with Crippen molar-refractivity contribution in [2.75, 3.05) is 0 Å². The third-order valence-electron chi connectivity index (χ3n) is 4.34. The smallest absolute Gasteiger partial charge is 0.361 e. The lowest BCUT2D eigenvalue weighted by Crippen LogP contribution is -2.21. The molecule has 0 amide bonds. The summed E-state index contributed by atoms with van der Waals surface area (Å²) in [5.74, 6) is -0.801. The highest BCUT2D eigenvalue weighted by Gasteiger charge is 2.32. The van der Waals surface area contributed by atoms with E-state index in [1.165, 1.54) is 12.2 Å². The summed E-state index contributed by atoms with van der Waals surface area (Å²) in [6.07, 6.45) is 4.44. The standard InChI is InChI=1S/C20H9N4O2/c21-23-17-8-6-11-9-12(5-7-13(11)20(17)26)16-10-18(25)19(24-22)15-4-2-1-3-14(15)16/h1-8,10H. The number of ketones is 2. The van der Waals surface area contributed by atoms with Crippen LogP contribution in [0.15, 0.2) is 48.6 Å². The predicted molar refractivity (Wildman–Crippen MR) is 93.5 cm³/mol. The van der Waals surface area contributed by atoms with Crippen molar-refractivity contribution in [1.29, 1.82) is 0 Å². The molecule has 4 rings (SSSR count). The molecule has 2 aromatic carbocycles. The normalized spacial score (nSPS) is 15.0. The fraction of sp³-hybridized carbons (Fsp3) is 0. The maximum Gasteiger partial charge on any atom is 0.369 e. The highest BCUT2D eigenvalue weighted by Crippen LogP contribution is 2.32. The second kappa shape index (κ2) is 5.83. The molecule has 26 heavy (non-hydrogen) atoms. The molecule has 2 aliphatic carbocycles. The molecule has 0 heterocycles. The van der Waals surface area contributed by atoms with Gasteiger partial charge in [0.2, 0.25) is 0 Å². The first-order valence-electron chi connectivity index (χ1n) is 7.73. The van der Waals surface area contributed by atoms with Crippen LogP contribution in [-0.4, -0.2) is 32.6 Å². The second-order valence-electron chi connectivity index (χ2n) is 5.76. The molecule has 6 nitrogen and oxygen atoms in total. The Labute approximate surface area is 148 Å². The monoisotopic (exact) mass is 337 g/mol. The fourth-order valence-corrected chi connectivity index (χ4v) is 3.11. The van der Waals surface area contributed by atoms with Crippen molar-refractivity contribution < 1.29 is 19.2 Å². The summed E-state index contributed by atoms with van der Waals surface area (Å²) >= 11 is 0. The van der Waals surface area contributed by atoms with Crippen LogP contribution in [-0.2, 0) is 4.79 Å². The maximum absolute atomic E-state index is 12.3. The molecule has 0 unspecified atom stereocenters. The zero-order valence-corrected chi connectivity index (χ0v) is 13.3. The lowest BCUT2D eigenvalue weighted by Gasteiger charge is -2.16. The first kappa shape index (κ1) is 15.5. The van der Waals surface area contributed by atoms with Gasteiger partial charge < -0.3 is 11.1 Å². The molecule has 2 aromatic rings. The summed E-state index contributed by atoms with van der Waals surface area (Å²) in [7, 11) is 0. The third-order valence-corrected chi connectivity index (χ3v) is 4.34. The van der Waals surface area contributed by atoms with E-state index in [9.17, 15) is 9.59 Å². The molecular weight excluding hydrogens is 328 g/mol. The van der Waals surface area contributed by atoms with Crippen molar-refractivity contribution in [3.8, 4) is 0 Å². The Morgan fingerprint density at radius 3 is 2.35 bits per heavy atom. The zero-order valence-electron chi connectivity index (χ0n) is 13.3. The summed E-state index contributed by atoms with van der Waals surface area (Å²) in [4.78, 5) is 30.6. The summed E-state index contributed by atoms with van der Waals surface area (Å²) in [6, 6.07) is 13.5. The van der Waals surface area contributed by atoms with E-state index < -0.39 is 11.6 Å². The van der Waals surface area contributed by atoms with Gasteiger partial charge in [-0.2, -0.15) is 9.58 Å². The van der Waals surface area contributed by atoms with Crippen molar-refractivity contribution in [2.24, 2.45) is 0 Å². The zero-order chi connectivity index (χ0) is 18.3. The van der Waals surface area contributed by atoms with Gasteiger partial charge in [0, 0.05) is 17.7 Å². The van der Waals surface area contributed by atoms with Crippen LogP contribution in [0.25, 0.3) is 22.7 Å². The molecule has 6 heteroatoms. The van der Waals surface area contributed by atoms with Gasteiger partial charge >= 0.3 is 11.4 Å². The van der Waals surface area contributed by atoms with Crippen molar-refractivity contribution in [2.45, 2.75) is 0 Å². The lowest BCUT2D eigenvalue weighted by atomic mass is 9.83. The number of hydrogen-bond donors (Lipinski definition) is 0. The molecule has 121 valence electrons. The van der Waals surface area contributed by atoms with E-state index >= 15 is 0 Å². The number of allylic oxidation sites excluding steroid dienone is 2. The lowest BCUT2D eigenvalue weighted by molar-refractivity contribution is -0.112. The van der Waals surface area contributed by atoms with Crippen molar-refractivity contribution in [1.82, 2.24) is 0 Å². The van der Waals surface area contributed by atoms with Crippen LogP contribution in [0.5, 0.6) is 0 Å². The van der Waals surface area contributed by atoms with E-state index in [0.29, 0.717) is 27.8 Å². The van der Waals surface area contributed by atoms with E-state index in [4.69, 9.17) is 11.1 Å². The Morgan fingerprint density at radius 1 is 0.846 bits per heavy atom. The SMILES string of the molecule is [N-]=[N+]=C1C=Cc2[c]c(C3=CC(=O)C(=[N+]=[N-])c4ccccc43)ccc2C1=O. The number of Topliss-reactive ketones (excluding diaryl/α,β-unsaturated/α-hetero) is 1. The molecule has 0 fully saturated rings. The number of carbonyl (C=O) groups is 2. The summed E-state index contributed by atoms with van der Waals surface area (Å²) in [6.45, 7) is 0. The van der Waals surface area contributed by atoms with E-state index in [1.807, 2.05) is 12.1 Å². The minimum Gasteiger partial charge on any atom is -0.361 e. The Morgan fingerprint density at radius 2 is 1.62 bits per heavy atom. The van der Waals surface area contributed by atoms with Gasteiger partial charge in [-0.25, -0.2) is 0 Å². The Bertz CT molecular complexity index is 1170. The van der Waals surface area contributed by atoms with Crippen LogP contribution < -0.4 is 0 Å². The van der Waals surface area contributed by atoms with Crippen molar-refractivity contribution in [3.05, 3.63) is 93.5 Å². The van der Waals surface area contributed by atoms with Crippen LogP contribution in [0.4, 0.5) is 0 Å². The van der Waals surface area contributed by atoms with Gasteiger partial charge in [-0.15, -0.1) is 0 Å². The van der Waals surface area contributed by atoms with Gasteiger partial charge in [0.25, 0.3) is 11.6 Å². The largest absolute Gasteiger partial charge is 0.369 e. The number of carbonyl (C=O) groups excluding carboxylic acids is 2. The number of rotatable bonds is 1. The average molecular weight is 337 g/mol. The topological polar surface area (TPSA) is 107 Å². The molecule has 2 aliphatic rings. The van der Waals surface area contributed by atoms with E-state index in [1.54, 1.807) is 30.3 Å². The van der Waals surface area contributed by atoms with Crippen LogP contribution in [0.2, 0.25) is 0 Å². The average Bonchev–Trinajstić information content (AvgIpc) is 2.67. The Hall–Kier alpha value is -3.98. The van der Waals surface area contributed by atoms with Gasteiger partial charge in [0.05, 0.1) is 5.56 Å². The van der Waals surface area contributed by atoms with Gasteiger partial charge in [0.15, 0.2) is 0 Å². The van der Waals surface area contributed by atoms with Gasteiger partial charge in [-0.3, -0.25) is 9.59 Å². The van der Waals surface area contributed by atoms with Gasteiger partial charge in [0.1, 0.15) is 0 Å². The van der Waals surface area contributed by atoms with Gasteiger partial charge in [-0.1, -0.05) is 24.3 Å². The van der Waals surface area contributed by atoms with E-state index in [-0.39, 0.29) is 11.4 Å². The highest BCUT2D eigenvalue weighted by atomic mass is 16.1. The minimum absolute atomic E-state index is 0.0128. The summed E-state index contributed by atoms with van der Waals surface area (Å²) in [5.41, 5.74) is 21.4. The second-order valence-corrected chi connectivity index (χ2v) is 5.76. The molecule has 0 N–H and O–H groups in total. The number of fused-ring (bicyclic) bond motifs is 2. The molecule has 0 atom stereocenters. The molecule has 0 aliphatic heterocycles. The quantitative estimate of drug-likeness (QED) is 0.588. The fourth-order valence-electron chi connectivity index (χ4n) is 3.11. The number of hydrogen-bond acceptors (Lipinski definition) is 2. The Kier molecular flexibility index (Phi) is 3.48. The molecular formula is C20H9N4O2. The predicted octanol–water partition coefficient (Wildman–Crippen LogP) is 2.40. The number of benzene rings is 2.